The Morgan fingerprint density at radius 3 is 2.39 bits per heavy atom. The maximum Gasteiger partial charge on any atom is 0.168 e. The smallest absolute Gasteiger partial charge is 0.168 e. The molecule has 2 aromatic carbocycles. The van der Waals surface area contributed by atoms with Crippen molar-refractivity contribution < 1.29 is 13.5 Å². The normalized spacial score (nSPS) is 10.4. The lowest BCUT2D eigenvalue weighted by atomic mass is 10.1. The largest absolute Gasteiger partial charge is 0.454 e. The Bertz CT molecular complexity index is 570. The van der Waals surface area contributed by atoms with E-state index in [1.807, 2.05) is 19.1 Å². The summed E-state index contributed by atoms with van der Waals surface area (Å²) in [6.45, 7) is 2.28. The van der Waals surface area contributed by atoms with E-state index in [1.165, 1.54) is 6.07 Å². The number of ether oxygens (including phenoxy) is 1. The van der Waals surface area contributed by atoms with Gasteiger partial charge in [-0.15, -0.1) is 0 Å². The molecule has 2 nitrogen and oxygen atoms in total. The molecule has 94 valence electrons. The maximum absolute atomic E-state index is 13.4. The summed E-state index contributed by atoms with van der Waals surface area (Å²) in [7, 11) is 0. The number of benzene rings is 2. The molecule has 2 aromatic rings. The molecular formula is C14H13F2NO. The second-order valence-corrected chi connectivity index (χ2v) is 3.98. The van der Waals surface area contributed by atoms with E-state index in [0.717, 1.165) is 23.3 Å². The Hall–Kier alpha value is -1.94. The number of halogens is 2. The summed E-state index contributed by atoms with van der Waals surface area (Å²) in [4.78, 5) is 0. The number of nitrogens with two attached hydrogens (primary N) is 1. The highest BCUT2D eigenvalue weighted by atomic mass is 19.1. The van der Waals surface area contributed by atoms with Gasteiger partial charge in [0.2, 0.25) is 0 Å². The molecule has 18 heavy (non-hydrogen) atoms. The molecule has 0 radical (unpaired) electrons. The molecule has 0 unspecified atom stereocenters. The first kappa shape index (κ1) is 12.5. The van der Waals surface area contributed by atoms with E-state index < -0.39 is 11.6 Å². The van der Waals surface area contributed by atoms with Crippen molar-refractivity contribution in [1.29, 1.82) is 0 Å². The molecule has 0 aromatic heterocycles. The molecule has 0 atom stereocenters. The Morgan fingerprint density at radius 1 is 1.06 bits per heavy atom. The van der Waals surface area contributed by atoms with Crippen LogP contribution < -0.4 is 10.5 Å². The predicted molar refractivity (Wildman–Crippen MR) is 65.5 cm³/mol. The van der Waals surface area contributed by atoms with Crippen LogP contribution in [-0.2, 0) is 6.54 Å². The number of aryl methyl sites for hydroxylation is 1. The van der Waals surface area contributed by atoms with E-state index in [1.54, 1.807) is 6.07 Å². The second-order valence-electron chi connectivity index (χ2n) is 3.98. The summed E-state index contributed by atoms with van der Waals surface area (Å²) in [6.07, 6.45) is 0. The molecule has 0 aliphatic rings. The fraction of sp³-hybridized carbons (Fsp3) is 0.143. The van der Waals surface area contributed by atoms with E-state index in [-0.39, 0.29) is 5.75 Å². The van der Waals surface area contributed by atoms with Crippen molar-refractivity contribution >= 4 is 0 Å². The Kier molecular flexibility index (Phi) is 3.58. The van der Waals surface area contributed by atoms with E-state index in [9.17, 15) is 8.78 Å². The molecule has 0 bridgehead atoms. The van der Waals surface area contributed by atoms with Gasteiger partial charge in [-0.2, -0.15) is 0 Å². The van der Waals surface area contributed by atoms with Gasteiger partial charge in [0.1, 0.15) is 11.6 Å². The summed E-state index contributed by atoms with van der Waals surface area (Å²) >= 11 is 0. The topological polar surface area (TPSA) is 35.2 Å². The molecule has 0 saturated heterocycles. The van der Waals surface area contributed by atoms with Gasteiger partial charge >= 0.3 is 0 Å². The molecule has 0 heterocycles. The summed E-state index contributed by atoms with van der Waals surface area (Å²) in [5.41, 5.74) is 7.34. The Morgan fingerprint density at radius 2 is 1.78 bits per heavy atom. The third-order valence-corrected chi connectivity index (χ3v) is 2.59. The van der Waals surface area contributed by atoms with Crippen molar-refractivity contribution in [3.63, 3.8) is 0 Å². The fourth-order valence-electron chi connectivity index (χ4n) is 1.63. The van der Waals surface area contributed by atoms with Gasteiger partial charge in [0, 0.05) is 12.6 Å². The SMILES string of the molecule is Cc1cc(CN)ccc1Oc1ccc(F)cc1F. The van der Waals surface area contributed by atoms with E-state index in [2.05, 4.69) is 0 Å². The van der Waals surface area contributed by atoms with Crippen molar-refractivity contribution in [2.45, 2.75) is 13.5 Å². The quantitative estimate of drug-likeness (QED) is 0.903. The lowest BCUT2D eigenvalue weighted by Gasteiger charge is -2.10. The standard InChI is InChI=1S/C14H13F2NO/c1-9-6-10(8-17)2-4-13(9)18-14-5-3-11(15)7-12(14)16/h2-7H,8,17H2,1H3. The van der Waals surface area contributed by atoms with Gasteiger partial charge < -0.3 is 10.5 Å². The van der Waals surface area contributed by atoms with Gasteiger partial charge in [-0.1, -0.05) is 12.1 Å². The molecule has 0 amide bonds. The van der Waals surface area contributed by atoms with Crippen LogP contribution >= 0.6 is 0 Å². The van der Waals surface area contributed by atoms with Crippen molar-refractivity contribution in [3.05, 3.63) is 59.2 Å². The average Bonchev–Trinajstić information content (AvgIpc) is 2.34. The molecule has 0 fully saturated rings. The molecule has 4 heteroatoms. The van der Waals surface area contributed by atoms with Crippen LogP contribution in [0.25, 0.3) is 0 Å². The Labute approximate surface area is 104 Å². The minimum Gasteiger partial charge on any atom is -0.454 e. The minimum absolute atomic E-state index is 0.00000142. The van der Waals surface area contributed by atoms with Crippen LogP contribution in [0.2, 0.25) is 0 Å². The molecule has 0 aliphatic heterocycles. The van der Waals surface area contributed by atoms with Crippen molar-refractivity contribution in [1.82, 2.24) is 0 Å². The summed E-state index contributed by atoms with van der Waals surface area (Å²) < 4.78 is 31.6. The first-order chi connectivity index (χ1) is 8.60. The fourth-order valence-corrected chi connectivity index (χ4v) is 1.63. The van der Waals surface area contributed by atoms with Crippen LogP contribution in [0.5, 0.6) is 11.5 Å². The monoisotopic (exact) mass is 249 g/mol. The molecule has 2 rings (SSSR count). The first-order valence-corrected chi connectivity index (χ1v) is 5.52. The van der Waals surface area contributed by atoms with Gasteiger partial charge in [0.25, 0.3) is 0 Å². The molecule has 0 spiro atoms. The zero-order valence-electron chi connectivity index (χ0n) is 9.91. The predicted octanol–water partition coefficient (Wildman–Crippen LogP) is 3.52. The van der Waals surface area contributed by atoms with Crippen LogP contribution in [0, 0.1) is 18.6 Å². The zero-order chi connectivity index (χ0) is 13.1. The van der Waals surface area contributed by atoms with E-state index in [4.69, 9.17) is 10.5 Å². The number of hydrogen-bond donors (Lipinski definition) is 1. The minimum atomic E-state index is -0.725. The van der Waals surface area contributed by atoms with Crippen molar-refractivity contribution in [2.75, 3.05) is 0 Å². The highest BCUT2D eigenvalue weighted by Gasteiger charge is 2.08. The first-order valence-electron chi connectivity index (χ1n) is 5.52. The Balaban J connectivity index is 2.28. The second kappa shape index (κ2) is 5.14. The van der Waals surface area contributed by atoms with Gasteiger partial charge in [0.05, 0.1) is 0 Å². The van der Waals surface area contributed by atoms with E-state index in [0.29, 0.717) is 12.3 Å². The molecular weight excluding hydrogens is 236 g/mol. The van der Waals surface area contributed by atoms with Gasteiger partial charge in [-0.3, -0.25) is 0 Å². The van der Waals surface area contributed by atoms with Gasteiger partial charge in [0.15, 0.2) is 11.6 Å². The lowest BCUT2D eigenvalue weighted by molar-refractivity contribution is 0.435. The molecule has 0 saturated carbocycles. The summed E-state index contributed by atoms with van der Waals surface area (Å²) in [6, 6.07) is 8.61. The van der Waals surface area contributed by atoms with Crippen LogP contribution in [0.4, 0.5) is 8.78 Å². The van der Waals surface area contributed by atoms with Crippen molar-refractivity contribution in [2.24, 2.45) is 5.73 Å². The number of hydrogen-bond acceptors (Lipinski definition) is 2. The molecule has 2 N–H and O–H groups in total. The van der Waals surface area contributed by atoms with Gasteiger partial charge in [-0.25, -0.2) is 8.78 Å². The van der Waals surface area contributed by atoms with E-state index >= 15 is 0 Å². The molecule has 0 aliphatic carbocycles. The van der Waals surface area contributed by atoms with Crippen molar-refractivity contribution in [3.8, 4) is 11.5 Å². The third kappa shape index (κ3) is 2.65. The highest BCUT2D eigenvalue weighted by molar-refractivity contribution is 5.40. The maximum atomic E-state index is 13.4. The van der Waals surface area contributed by atoms with Gasteiger partial charge in [-0.05, 0) is 36.2 Å². The lowest BCUT2D eigenvalue weighted by Crippen LogP contribution is -1.97. The van der Waals surface area contributed by atoms with Crippen LogP contribution in [0.15, 0.2) is 36.4 Å². The summed E-state index contributed by atoms with van der Waals surface area (Å²) in [5.74, 6) is -0.829. The van der Waals surface area contributed by atoms with Crippen LogP contribution in [0.1, 0.15) is 11.1 Å². The highest BCUT2D eigenvalue weighted by Crippen LogP contribution is 2.28. The van der Waals surface area contributed by atoms with Crippen LogP contribution in [0.3, 0.4) is 0 Å². The zero-order valence-corrected chi connectivity index (χ0v) is 9.91. The third-order valence-electron chi connectivity index (χ3n) is 2.59. The number of rotatable bonds is 3. The summed E-state index contributed by atoms with van der Waals surface area (Å²) in [5, 5.41) is 0. The van der Waals surface area contributed by atoms with Crippen LogP contribution in [-0.4, -0.2) is 0 Å². The average molecular weight is 249 g/mol.